The van der Waals surface area contributed by atoms with E-state index in [-0.39, 0.29) is 24.0 Å². The number of aliphatic imine (C=N–C) groups is 1. The number of hydrogen-bond acceptors (Lipinski definition) is 5. The molecule has 0 aromatic heterocycles. The van der Waals surface area contributed by atoms with Crippen molar-refractivity contribution in [2.24, 2.45) is 16.6 Å². The number of nitrogens with zero attached hydrogens (tertiary/aromatic N) is 2. The van der Waals surface area contributed by atoms with E-state index in [1.54, 1.807) is 21.3 Å². The fourth-order valence-corrected chi connectivity index (χ4v) is 3.28. The molecule has 3 N–H and O–H groups in total. The molecule has 0 radical (unpaired) electrons. The van der Waals surface area contributed by atoms with Crippen LogP contribution in [0.1, 0.15) is 6.42 Å². The van der Waals surface area contributed by atoms with Gasteiger partial charge in [0.1, 0.15) is 17.2 Å². The van der Waals surface area contributed by atoms with Crippen molar-refractivity contribution in [3.8, 4) is 17.2 Å². The Labute approximate surface area is 189 Å². The second kappa shape index (κ2) is 11.0. The second-order valence-electron chi connectivity index (χ2n) is 6.75. The zero-order valence-electron chi connectivity index (χ0n) is 17.1. The van der Waals surface area contributed by atoms with E-state index in [4.69, 9.17) is 19.9 Å². The van der Waals surface area contributed by atoms with E-state index in [1.165, 1.54) is 0 Å². The summed E-state index contributed by atoms with van der Waals surface area (Å²) in [6.07, 6.45) is 1.07. The number of halogens is 1. The van der Waals surface area contributed by atoms with Crippen LogP contribution in [0, 0.1) is 5.92 Å². The molecular formula is C21H29IN4O3. The first-order valence-electron chi connectivity index (χ1n) is 9.30. The maximum Gasteiger partial charge on any atom is 0.193 e. The summed E-state index contributed by atoms with van der Waals surface area (Å²) in [6.45, 7) is 2.59. The molecule has 1 aliphatic rings. The van der Waals surface area contributed by atoms with Crippen LogP contribution in [0.2, 0.25) is 0 Å². The van der Waals surface area contributed by atoms with Gasteiger partial charge in [0.15, 0.2) is 5.96 Å². The molecule has 1 fully saturated rings. The summed E-state index contributed by atoms with van der Waals surface area (Å²) in [6, 6.07) is 13.5. The smallest absolute Gasteiger partial charge is 0.193 e. The minimum atomic E-state index is 0. The molecule has 0 bridgehead atoms. The molecule has 1 aliphatic heterocycles. The number of nitrogens with two attached hydrogens (primary N) is 1. The quantitative estimate of drug-likeness (QED) is 0.336. The SMILES string of the molecule is COc1ccc(NC(N)=NCC2CCN(c3cc(OC)cc(OC)c3)C2)cc1.I. The fourth-order valence-electron chi connectivity index (χ4n) is 3.28. The highest BCUT2D eigenvalue weighted by Crippen LogP contribution is 2.31. The van der Waals surface area contributed by atoms with E-state index < -0.39 is 0 Å². The van der Waals surface area contributed by atoms with Gasteiger partial charge in [-0.1, -0.05) is 0 Å². The molecule has 1 saturated heterocycles. The zero-order valence-corrected chi connectivity index (χ0v) is 19.4. The lowest BCUT2D eigenvalue weighted by Crippen LogP contribution is -2.25. The maximum absolute atomic E-state index is 6.04. The molecule has 0 saturated carbocycles. The normalized spacial score (nSPS) is 16.2. The Hall–Kier alpha value is -2.36. The molecular weight excluding hydrogens is 483 g/mol. The van der Waals surface area contributed by atoms with Gasteiger partial charge in [0.2, 0.25) is 0 Å². The van der Waals surface area contributed by atoms with Gasteiger partial charge in [0.25, 0.3) is 0 Å². The molecule has 1 atom stereocenters. The van der Waals surface area contributed by atoms with Crippen LogP contribution in [0.15, 0.2) is 47.5 Å². The van der Waals surface area contributed by atoms with E-state index in [0.29, 0.717) is 18.4 Å². The molecule has 0 aliphatic carbocycles. The number of guanidine groups is 1. The number of hydrogen-bond donors (Lipinski definition) is 2. The molecule has 0 amide bonds. The number of methoxy groups -OCH3 is 3. The van der Waals surface area contributed by atoms with Crippen molar-refractivity contribution in [1.82, 2.24) is 0 Å². The van der Waals surface area contributed by atoms with Crippen molar-refractivity contribution in [2.45, 2.75) is 6.42 Å². The van der Waals surface area contributed by atoms with Crippen LogP contribution in [0.25, 0.3) is 0 Å². The third kappa shape index (κ3) is 6.31. The van der Waals surface area contributed by atoms with Gasteiger partial charge in [-0.3, -0.25) is 4.99 Å². The lowest BCUT2D eigenvalue weighted by Gasteiger charge is -2.20. The van der Waals surface area contributed by atoms with E-state index in [1.807, 2.05) is 42.5 Å². The van der Waals surface area contributed by atoms with Crippen LogP contribution in [-0.2, 0) is 0 Å². The molecule has 0 spiro atoms. The van der Waals surface area contributed by atoms with Gasteiger partial charge in [-0.2, -0.15) is 0 Å². The Morgan fingerprint density at radius 1 is 1.03 bits per heavy atom. The summed E-state index contributed by atoms with van der Waals surface area (Å²) in [5.41, 5.74) is 8.03. The molecule has 29 heavy (non-hydrogen) atoms. The van der Waals surface area contributed by atoms with Crippen LogP contribution in [0.3, 0.4) is 0 Å². The first-order valence-corrected chi connectivity index (χ1v) is 9.30. The van der Waals surface area contributed by atoms with Gasteiger partial charge in [0.05, 0.1) is 21.3 Å². The van der Waals surface area contributed by atoms with Gasteiger partial charge in [0, 0.05) is 49.2 Å². The number of anilines is 2. The van der Waals surface area contributed by atoms with Crippen molar-refractivity contribution >= 4 is 41.3 Å². The van der Waals surface area contributed by atoms with Crippen LogP contribution in [0.4, 0.5) is 11.4 Å². The number of rotatable bonds is 7. The standard InChI is InChI=1S/C21H28N4O3.HI/c1-26-18-6-4-16(5-7-18)24-21(22)23-13-15-8-9-25(14-15)17-10-19(27-2)12-20(11-17)28-3;/h4-7,10-12,15H,8-9,13-14H2,1-3H3,(H3,22,23,24);1H. The van der Waals surface area contributed by atoms with E-state index in [2.05, 4.69) is 15.2 Å². The number of ether oxygens (including phenoxy) is 3. The Balaban J connectivity index is 0.00000300. The Morgan fingerprint density at radius 3 is 2.24 bits per heavy atom. The molecule has 8 heteroatoms. The minimum absolute atomic E-state index is 0. The lowest BCUT2D eigenvalue weighted by atomic mass is 10.1. The molecule has 3 rings (SSSR count). The molecule has 7 nitrogen and oxygen atoms in total. The van der Waals surface area contributed by atoms with Crippen molar-refractivity contribution in [3.63, 3.8) is 0 Å². The van der Waals surface area contributed by atoms with Crippen LogP contribution in [0.5, 0.6) is 17.2 Å². The zero-order chi connectivity index (χ0) is 19.9. The van der Waals surface area contributed by atoms with E-state index >= 15 is 0 Å². The fraction of sp³-hybridized carbons (Fsp3) is 0.381. The maximum atomic E-state index is 6.04. The number of nitrogens with one attached hydrogen (secondary N) is 1. The summed E-state index contributed by atoms with van der Waals surface area (Å²) in [5.74, 6) is 3.27. The van der Waals surface area contributed by atoms with Crippen molar-refractivity contribution in [3.05, 3.63) is 42.5 Å². The van der Waals surface area contributed by atoms with E-state index in [0.717, 1.165) is 48.1 Å². The number of benzene rings is 2. The molecule has 2 aromatic rings. The second-order valence-corrected chi connectivity index (χ2v) is 6.75. The highest BCUT2D eigenvalue weighted by molar-refractivity contribution is 14.0. The average Bonchev–Trinajstić information content (AvgIpc) is 3.21. The predicted octanol–water partition coefficient (Wildman–Crippen LogP) is 3.58. The Bertz CT molecular complexity index is 792. The Kier molecular flexibility index (Phi) is 8.69. The van der Waals surface area contributed by atoms with Crippen LogP contribution < -0.4 is 30.2 Å². The van der Waals surface area contributed by atoms with Gasteiger partial charge < -0.3 is 30.2 Å². The summed E-state index contributed by atoms with van der Waals surface area (Å²) in [4.78, 5) is 6.85. The first kappa shape index (κ1) is 22.9. The lowest BCUT2D eigenvalue weighted by molar-refractivity contribution is 0.394. The molecule has 1 heterocycles. The van der Waals surface area contributed by atoms with Gasteiger partial charge in [-0.05, 0) is 36.6 Å². The monoisotopic (exact) mass is 512 g/mol. The largest absolute Gasteiger partial charge is 0.497 e. The Morgan fingerprint density at radius 2 is 1.66 bits per heavy atom. The average molecular weight is 512 g/mol. The van der Waals surface area contributed by atoms with Gasteiger partial charge >= 0.3 is 0 Å². The third-order valence-electron chi connectivity index (χ3n) is 4.87. The summed E-state index contributed by atoms with van der Waals surface area (Å²) < 4.78 is 15.9. The van der Waals surface area contributed by atoms with Crippen molar-refractivity contribution < 1.29 is 14.2 Å². The third-order valence-corrected chi connectivity index (χ3v) is 4.87. The highest BCUT2D eigenvalue weighted by Gasteiger charge is 2.23. The van der Waals surface area contributed by atoms with Crippen LogP contribution >= 0.6 is 24.0 Å². The topological polar surface area (TPSA) is 81.3 Å². The van der Waals surface area contributed by atoms with Crippen molar-refractivity contribution in [2.75, 3.05) is 51.2 Å². The summed E-state index contributed by atoms with van der Waals surface area (Å²) in [5, 5.41) is 3.12. The molecule has 2 aromatic carbocycles. The summed E-state index contributed by atoms with van der Waals surface area (Å²) in [7, 11) is 4.97. The van der Waals surface area contributed by atoms with Crippen LogP contribution in [-0.4, -0.2) is 46.9 Å². The first-order chi connectivity index (χ1) is 13.6. The minimum Gasteiger partial charge on any atom is -0.497 e. The predicted molar refractivity (Wildman–Crippen MR) is 128 cm³/mol. The van der Waals surface area contributed by atoms with E-state index in [9.17, 15) is 0 Å². The van der Waals surface area contributed by atoms with Gasteiger partial charge in [-0.25, -0.2) is 0 Å². The summed E-state index contributed by atoms with van der Waals surface area (Å²) >= 11 is 0. The molecule has 158 valence electrons. The van der Waals surface area contributed by atoms with Crippen molar-refractivity contribution in [1.29, 1.82) is 0 Å². The highest BCUT2D eigenvalue weighted by atomic mass is 127. The molecule has 1 unspecified atom stereocenters. The van der Waals surface area contributed by atoms with Gasteiger partial charge in [-0.15, -0.1) is 24.0 Å².